The highest BCUT2D eigenvalue weighted by atomic mass is 16.4. The molecule has 0 heterocycles. The summed E-state index contributed by atoms with van der Waals surface area (Å²) in [5.74, 6) is -4.65. The summed E-state index contributed by atoms with van der Waals surface area (Å²) in [4.78, 5) is 20.9. The molecule has 3 aromatic carbocycles. The lowest BCUT2D eigenvalue weighted by atomic mass is 10.1. The largest absolute Gasteiger partial charge is 0.504 e. The number of aromatic hydroxyl groups is 6. The predicted octanol–water partition coefficient (Wildman–Crippen LogP) is 2.69. The van der Waals surface area contributed by atoms with Crippen LogP contribution < -0.4 is 0 Å². The number of rotatable bonds is 2. The van der Waals surface area contributed by atoms with E-state index < -0.39 is 23.4 Å². The molecule has 0 aliphatic heterocycles. The zero-order valence-corrected chi connectivity index (χ0v) is 15.2. The van der Waals surface area contributed by atoms with Crippen molar-refractivity contribution >= 4 is 11.9 Å². The standard InChI is InChI=1S/C8H6O4.2C6H6O3/c9-7(10)5-3-1-2-4-6(5)8(11)12;2*7-4-2-1-3-5(8)6(4)9/h1-4H,(H,9,10)(H,11,12);2*1-3,7-9H. The minimum Gasteiger partial charge on any atom is -0.504 e. The second-order valence-corrected chi connectivity index (χ2v) is 5.45. The molecule has 0 radical (unpaired) electrons. The summed E-state index contributed by atoms with van der Waals surface area (Å²) in [7, 11) is 0. The molecule has 10 heteroatoms. The minimum absolute atomic E-state index is 0.190. The molecular weight excluding hydrogens is 400 g/mol. The molecular formula is C20H18O10. The SMILES string of the molecule is O=C(O)c1ccccc1C(=O)O.Oc1cccc(O)c1O.Oc1cccc(O)c1O. The number of benzene rings is 3. The molecule has 0 amide bonds. The maximum atomic E-state index is 10.5. The van der Waals surface area contributed by atoms with Crippen molar-refractivity contribution in [1.82, 2.24) is 0 Å². The fourth-order valence-electron chi connectivity index (χ4n) is 1.90. The van der Waals surface area contributed by atoms with Crippen molar-refractivity contribution in [2.24, 2.45) is 0 Å². The van der Waals surface area contributed by atoms with E-state index in [4.69, 9.17) is 40.9 Å². The lowest BCUT2D eigenvalue weighted by Gasteiger charge is -1.98. The van der Waals surface area contributed by atoms with Crippen LogP contribution in [0.5, 0.6) is 34.5 Å². The Kier molecular flexibility index (Phi) is 8.33. The molecule has 3 aromatic rings. The molecule has 8 N–H and O–H groups in total. The summed E-state index contributed by atoms with van der Waals surface area (Å²) in [5, 5.41) is 69.3. The maximum Gasteiger partial charge on any atom is 0.336 e. The third-order valence-corrected chi connectivity index (χ3v) is 3.37. The third kappa shape index (κ3) is 6.53. The number of carboxylic acid groups (broad SMARTS) is 2. The molecule has 0 fully saturated rings. The molecule has 0 spiro atoms. The fraction of sp³-hybridized carbons (Fsp3) is 0. The van der Waals surface area contributed by atoms with E-state index in [1.54, 1.807) is 0 Å². The number of carboxylic acids is 2. The minimum atomic E-state index is -1.23. The van der Waals surface area contributed by atoms with Gasteiger partial charge in [0.05, 0.1) is 11.1 Å². The maximum absolute atomic E-state index is 10.5. The molecule has 0 aliphatic rings. The van der Waals surface area contributed by atoms with Crippen LogP contribution in [0.4, 0.5) is 0 Å². The third-order valence-electron chi connectivity index (χ3n) is 3.37. The lowest BCUT2D eigenvalue weighted by molar-refractivity contribution is 0.0651. The van der Waals surface area contributed by atoms with Gasteiger partial charge < -0.3 is 40.9 Å². The van der Waals surface area contributed by atoms with E-state index >= 15 is 0 Å². The first-order valence-electron chi connectivity index (χ1n) is 8.01. The second kappa shape index (κ2) is 10.7. The van der Waals surface area contributed by atoms with Gasteiger partial charge in [-0.25, -0.2) is 9.59 Å². The Morgan fingerprint density at radius 1 is 0.467 bits per heavy atom. The van der Waals surface area contributed by atoms with E-state index in [0.29, 0.717) is 0 Å². The van der Waals surface area contributed by atoms with Crippen LogP contribution in [-0.4, -0.2) is 52.8 Å². The quantitative estimate of drug-likeness (QED) is 0.286. The molecule has 0 aliphatic carbocycles. The Morgan fingerprint density at radius 3 is 0.933 bits per heavy atom. The van der Waals surface area contributed by atoms with Gasteiger partial charge >= 0.3 is 11.9 Å². The Balaban J connectivity index is 0.000000229. The predicted molar refractivity (Wildman–Crippen MR) is 103 cm³/mol. The monoisotopic (exact) mass is 418 g/mol. The first kappa shape index (κ1) is 23.4. The summed E-state index contributed by atoms with van der Waals surface area (Å²) >= 11 is 0. The summed E-state index contributed by atoms with van der Waals surface area (Å²) in [6.45, 7) is 0. The highest BCUT2D eigenvalue weighted by molar-refractivity contribution is 6.01. The number of carbonyl (C=O) groups is 2. The van der Waals surface area contributed by atoms with E-state index in [-0.39, 0.29) is 34.1 Å². The van der Waals surface area contributed by atoms with Crippen molar-refractivity contribution in [3.63, 3.8) is 0 Å². The number of phenolic OH excluding ortho intramolecular Hbond substituents is 6. The van der Waals surface area contributed by atoms with Crippen molar-refractivity contribution in [2.45, 2.75) is 0 Å². The van der Waals surface area contributed by atoms with Gasteiger partial charge in [-0.1, -0.05) is 24.3 Å². The van der Waals surface area contributed by atoms with Crippen LogP contribution in [0.3, 0.4) is 0 Å². The molecule has 158 valence electrons. The van der Waals surface area contributed by atoms with Gasteiger partial charge in [0.25, 0.3) is 0 Å². The van der Waals surface area contributed by atoms with Crippen molar-refractivity contribution in [3.8, 4) is 34.5 Å². The lowest BCUT2D eigenvalue weighted by Crippen LogP contribution is -2.06. The van der Waals surface area contributed by atoms with E-state index in [0.717, 1.165) is 0 Å². The molecule has 0 aromatic heterocycles. The van der Waals surface area contributed by atoms with Crippen LogP contribution in [0.15, 0.2) is 60.7 Å². The number of aromatic carboxylic acids is 2. The van der Waals surface area contributed by atoms with Gasteiger partial charge in [-0.2, -0.15) is 0 Å². The second-order valence-electron chi connectivity index (χ2n) is 5.45. The van der Waals surface area contributed by atoms with Crippen molar-refractivity contribution < 1.29 is 50.4 Å². The summed E-state index contributed by atoms with van der Waals surface area (Å²) in [5.41, 5.74) is -0.380. The van der Waals surface area contributed by atoms with Gasteiger partial charge in [-0.05, 0) is 36.4 Å². The highest BCUT2D eigenvalue weighted by Crippen LogP contribution is 2.33. The normalized spacial score (nSPS) is 9.33. The van der Waals surface area contributed by atoms with Crippen LogP contribution in [-0.2, 0) is 0 Å². The van der Waals surface area contributed by atoms with Gasteiger partial charge in [-0.15, -0.1) is 0 Å². The van der Waals surface area contributed by atoms with Crippen LogP contribution in [0, 0.1) is 0 Å². The molecule has 30 heavy (non-hydrogen) atoms. The molecule has 0 atom stereocenters. The van der Waals surface area contributed by atoms with Gasteiger partial charge in [0.15, 0.2) is 34.5 Å². The zero-order valence-electron chi connectivity index (χ0n) is 15.2. The summed E-state index contributed by atoms with van der Waals surface area (Å²) < 4.78 is 0. The number of hydrogen-bond acceptors (Lipinski definition) is 8. The molecule has 3 rings (SSSR count). The number of hydrogen-bond donors (Lipinski definition) is 8. The van der Waals surface area contributed by atoms with Crippen LogP contribution in [0.25, 0.3) is 0 Å². The molecule has 0 saturated heterocycles. The Hall–Kier alpha value is -4.60. The van der Waals surface area contributed by atoms with Gasteiger partial charge in [0.1, 0.15) is 0 Å². The summed E-state index contributed by atoms with van der Waals surface area (Å²) in [6, 6.07) is 13.5. The van der Waals surface area contributed by atoms with Crippen LogP contribution in [0.1, 0.15) is 20.7 Å². The Labute approximate surface area is 169 Å². The zero-order chi connectivity index (χ0) is 22.8. The molecule has 10 nitrogen and oxygen atoms in total. The van der Waals surface area contributed by atoms with Crippen molar-refractivity contribution in [1.29, 1.82) is 0 Å². The van der Waals surface area contributed by atoms with E-state index in [1.807, 2.05) is 0 Å². The van der Waals surface area contributed by atoms with Crippen molar-refractivity contribution in [3.05, 3.63) is 71.8 Å². The highest BCUT2D eigenvalue weighted by Gasteiger charge is 2.13. The van der Waals surface area contributed by atoms with E-state index in [9.17, 15) is 9.59 Å². The first-order valence-corrected chi connectivity index (χ1v) is 8.01. The Bertz CT molecular complexity index is 907. The van der Waals surface area contributed by atoms with Crippen molar-refractivity contribution in [2.75, 3.05) is 0 Å². The smallest absolute Gasteiger partial charge is 0.336 e. The topological polar surface area (TPSA) is 196 Å². The molecule has 0 unspecified atom stereocenters. The van der Waals surface area contributed by atoms with E-state index in [2.05, 4.69) is 0 Å². The average Bonchev–Trinajstić information content (AvgIpc) is 2.71. The van der Waals surface area contributed by atoms with Gasteiger partial charge in [-0.3, -0.25) is 0 Å². The van der Waals surface area contributed by atoms with Crippen LogP contribution in [0.2, 0.25) is 0 Å². The fourth-order valence-corrected chi connectivity index (χ4v) is 1.90. The first-order chi connectivity index (χ1) is 14.1. The number of para-hydroxylation sites is 2. The number of phenols is 6. The van der Waals surface area contributed by atoms with E-state index in [1.165, 1.54) is 60.7 Å². The Morgan fingerprint density at radius 2 is 0.733 bits per heavy atom. The molecule has 0 bridgehead atoms. The van der Waals surface area contributed by atoms with Gasteiger partial charge in [0.2, 0.25) is 0 Å². The van der Waals surface area contributed by atoms with Gasteiger partial charge in [0, 0.05) is 0 Å². The van der Waals surface area contributed by atoms with Crippen LogP contribution >= 0.6 is 0 Å². The average molecular weight is 418 g/mol. The summed E-state index contributed by atoms with van der Waals surface area (Å²) in [6.07, 6.45) is 0. The molecule has 0 saturated carbocycles.